The van der Waals surface area contributed by atoms with E-state index in [2.05, 4.69) is 24.0 Å². The normalized spacial score (nSPS) is 21.8. The average Bonchev–Trinajstić information content (AvgIpc) is 3.17. The standard InChI is InChI=1S/C23H27N3O3/c1-16-14-26(15-17(2)29-16)10-11-28-19-8-9-20(22(27)12-19)23-21(13-24-25-23)18-6-4-3-5-7-18/h3-9,12-13,16-17,27H,10-11,14-15H2,1-2H3,(H,24,25)/p+1/t16-,17-/m0/s1. The van der Waals surface area contributed by atoms with Gasteiger partial charge in [0.15, 0.2) is 0 Å². The lowest BCUT2D eigenvalue weighted by atomic mass is 10.0. The zero-order valence-corrected chi connectivity index (χ0v) is 16.9. The largest absolute Gasteiger partial charge is 0.507 e. The average molecular weight is 394 g/mol. The summed E-state index contributed by atoms with van der Waals surface area (Å²) in [4.78, 5) is 1.49. The molecular weight excluding hydrogens is 366 g/mol. The number of rotatable bonds is 6. The van der Waals surface area contributed by atoms with E-state index in [1.54, 1.807) is 12.3 Å². The Morgan fingerprint density at radius 3 is 2.59 bits per heavy atom. The van der Waals surface area contributed by atoms with Crippen LogP contribution in [0.4, 0.5) is 0 Å². The highest BCUT2D eigenvalue weighted by molar-refractivity contribution is 5.83. The number of ether oxygens (including phenoxy) is 2. The third-order valence-corrected chi connectivity index (χ3v) is 5.30. The Morgan fingerprint density at radius 1 is 1.10 bits per heavy atom. The number of morpholine rings is 1. The Bertz CT molecular complexity index is 932. The van der Waals surface area contributed by atoms with Gasteiger partial charge in [0, 0.05) is 17.2 Å². The van der Waals surface area contributed by atoms with Crippen molar-refractivity contribution in [1.29, 1.82) is 0 Å². The Morgan fingerprint density at radius 2 is 1.86 bits per heavy atom. The van der Waals surface area contributed by atoms with Crippen molar-refractivity contribution < 1.29 is 19.5 Å². The molecule has 0 saturated carbocycles. The first-order valence-electron chi connectivity index (χ1n) is 10.1. The monoisotopic (exact) mass is 394 g/mol. The first-order chi connectivity index (χ1) is 14.1. The van der Waals surface area contributed by atoms with Crippen LogP contribution in [-0.4, -0.2) is 53.8 Å². The molecule has 1 aromatic heterocycles. The van der Waals surface area contributed by atoms with Crippen LogP contribution < -0.4 is 9.64 Å². The van der Waals surface area contributed by atoms with E-state index in [0.717, 1.165) is 36.5 Å². The Kier molecular flexibility index (Phi) is 5.83. The van der Waals surface area contributed by atoms with Gasteiger partial charge in [0.05, 0.1) is 11.9 Å². The molecule has 1 saturated heterocycles. The zero-order valence-electron chi connectivity index (χ0n) is 16.9. The first kappa shape index (κ1) is 19.5. The van der Waals surface area contributed by atoms with Crippen LogP contribution in [0, 0.1) is 0 Å². The molecule has 0 amide bonds. The molecule has 3 aromatic rings. The molecule has 0 aliphatic carbocycles. The Balaban J connectivity index is 1.42. The van der Waals surface area contributed by atoms with E-state index < -0.39 is 0 Å². The number of hydrogen-bond donors (Lipinski definition) is 3. The third kappa shape index (κ3) is 4.60. The summed E-state index contributed by atoms with van der Waals surface area (Å²) in [6.45, 7) is 7.75. The highest BCUT2D eigenvalue weighted by atomic mass is 16.5. The van der Waals surface area contributed by atoms with E-state index in [9.17, 15) is 5.11 Å². The lowest BCUT2D eigenvalue weighted by Gasteiger charge is -2.32. The maximum absolute atomic E-state index is 10.6. The molecule has 0 bridgehead atoms. The van der Waals surface area contributed by atoms with Gasteiger partial charge in [-0.2, -0.15) is 5.10 Å². The predicted octanol–water partition coefficient (Wildman–Crippen LogP) is 2.52. The van der Waals surface area contributed by atoms with Crippen LogP contribution in [0.1, 0.15) is 13.8 Å². The van der Waals surface area contributed by atoms with Crippen LogP contribution in [0.3, 0.4) is 0 Å². The number of quaternary nitrogens is 1. The molecule has 4 rings (SSSR count). The molecule has 0 spiro atoms. The summed E-state index contributed by atoms with van der Waals surface area (Å²) in [5, 5.41) is 17.8. The summed E-state index contributed by atoms with van der Waals surface area (Å²) in [6, 6.07) is 15.4. The molecule has 0 radical (unpaired) electrons. The molecule has 2 heterocycles. The van der Waals surface area contributed by atoms with E-state index in [1.807, 2.05) is 42.5 Å². The SMILES string of the molecule is C[C@H]1C[NH+](CCOc2ccc(-c3[nH]ncc3-c3ccccc3)c(O)c2)C[C@H](C)O1. The highest BCUT2D eigenvalue weighted by Gasteiger charge is 2.25. The molecule has 2 atom stereocenters. The van der Waals surface area contributed by atoms with Crippen molar-refractivity contribution in [2.45, 2.75) is 26.1 Å². The van der Waals surface area contributed by atoms with Crippen LogP contribution in [0.2, 0.25) is 0 Å². The minimum Gasteiger partial charge on any atom is -0.507 e. The van der Waals surface area contributed by atoms with E-state index in [0.29, 0.717) is 17.9 Å². The summed E-state index contributed by atoms with van der Waals surface area (Å²) in [5.74, 6) is 0.839. The van der Waals surface area contributed by atoms with Crippen LogP contribution >= 0.6 is 0 Å². The topological polar surface area (TPSA) is 71.8 Å². The number of nitrogens with one attached hydrogen (secondary N) is 2. The smallest absolute Gasteiger partial charge is 0.137 e. The van der Waals surface area contributed by atoms with Crippen molar-refractivity contribution in [3.05, 3.63) is 54.7 Å². The van der Waals surface area contributed by atoms with Gasteiger partial charge in [0.25, 0.3) is 0 Å². The molecular formula is C23H28N3O3+. The second-order valence-corrected chi connectivity index (χ2v) is 7.72. The number of nitrogens with zero attached hydrogens (tertiary/aromatic N) is 1. The molecule has 3 N–H and O–H groups in total. The Hall–Kier alpha value is -2.83. The molecule has 1 aliphatic rings. The maximum atomic E-state index is 10.6. The van der Waals surface area contributed by atoms with E-state index in [1.165, 1.54) is 4.90 Å². The van der Waals surface area contributed by atoms with Gasteiger partial charge in [0.1, 0.15) is 49.9 Å². The highest BCUT2D eigenvalue weighted by Crippen LogP contribution is 2.36. The van der Waals surface area contributed by atoms with Crippen molar-refractivity contribution >= 4 is 0 Å². The van der Waals surface area contributed by atoms with E-state index >= 15 is 0 Å². The summed E-state index contributed by atoms with van der Waals surface area (Å²) in [6.07, 6.45) is 2.34. The molecule has 6 nitrogen and oxygen atoms in total. The van der Waals surface area contributed by atoms with Gasteiger partial charge in [-0.1, -0.05) is 30.3 Å². The fraction of sp³-hybridized carbons (Fsp3) is 0.348. The van der Waals surface area contributed by atoms with E-state index in [-0.39, 0.29) is 18.0 Å². The van der Waals surface area contributed by atoms with Crippen molar-refractivity contribution in [3.63, 3.8) is 0 Å². The molecule has 2 aromatic carbocycles. The predicted molar refractivity (Wildman–Crippen MR) is 112 cm³/mol. The van der Waals surface area contributed by atoms with Gasteiger partial charge in [-0.25, -0.2) is 0 Å². The van der Waals surface area contributed by atoms with Gasteiger partial charge < -0.3 is 19.5 Å². The second kappa shape index (κ2) is 8.68. The number of aromatic amines is 1. The summed E-state index contributed by atoms with van der Waals surface area (Å²) >= 11 is 0. The first-order valence-corrected chi connectivity index (χ1v) is 10.1. The summed E-state index contributed by atoms with van der Waals surface area (Å²) < 4.78 is 11.7. The second-order valence-electron chi connectivity index (χ2n) is 7.72. The van der Waals surface area contributed by atoms with Crippen LogP contribution in [0.5, 0.6) is 11.5 Å². The number of H-pyrrole nitrogens is 1. The molecule has 1 aliphatic heterocycles. The quantitative estimate of drug-likeness (QED) is 0.601. The van der Waals surface area contributed by atoms with Crippen LogP contribution in [0.15, 0.2) is 54.7 Å². The van der Waals surface area contributed by atoms with Gasteiger partial charge in [0.2, 0.25) is 0 Å². The maximum Gasteiger partial charge on any atom is 0.137 e. The Labute approximate surface area is 171 Å². The summed E-state index contributed by atoms with van der Waals surface area (Å²) in [5.41, 5.74) is 3.50. The van der Waals surface area contributed by atoms with Gasteiger partial charge >= 0.3 is 0 Å². The number of aromatic nitrogens is 2. The van der Waals surface area contributed by atoms with Crippen molar-refractivity contribution in [3.8, 4) is 33.9 Å². The number of aromatic hydroxyl groups is 1. The van der Waals surface area contributed by atoms with Gasteiger partial charge in [-0.05, 0) is 31.5 Å². The molecule has 0 unspecified atom stereocenters. The minimum absolute atomic E-state index is 0.171. The minimum atomic E-state index is 0.171. The molecule has 1 fully saturated rings. The fourth-order valence-corrected chi connectivity index (χ4v) is 4.05. The lowest BCUT2D eigenvalue weighted by Crippen LogP contribution is -3.16. The summed E-state index contributed by atoms with van der Waals surface area (Å²) in [7, 11) is 0. The van der Waals surface area contributed by atoms with Crippen molar-refractivity contribution in [1.82, 2.24) is 10.2 Å². The van der Waals surface area contributed by atoms with E-state index in [4.69, 9.17) is 9.47 Å². The van der Waals surface area contributed by atoms with Gasteiger partial charge in [-0.15, -0.1) is 0 Å². The number of benzene rings is 2. The van der Waals surface area contributed by atoms with Crippen molar-refractivity contribution in [2.75, 3.05) is 26.2 Å². The lowest BCUT2D eigenvalue weighted by molar-refractivity contribution is -0.915. The van der Waals surface area contributed by atoms with Crippen LogP contribution in [0.25, 0.3) is 22.4 Å². The molecule has 29 heavy (non-hydrogen) atoms. The van der Waals surface area contributed by atoms with Crippen molar-refractivity contribution in [2.24, 2.45) is 0 Å². The zero-order chi connectivity index (χ0) is 20.2. The fourth-order valence-electron chi connectivity index (χ4n) is 4.05. The number of phenols is 1. The molecule has 6 heteroatoms. The third-order valence-electron chi connectivity index (χ3n) is 5.30. The number of phenolic OH excluding ortho intramolecular Hbond substituents is 1. The van der Waals surface area contributed by atoms with Gasteiger partial charge in [-0.3, -0.25) is 5.10 Å². The number of hydrogen-bond acceptors (Lipinski definition) is 4. The van der Waals surface area contributed by atoms with Crippen LogP contribution in [-0.2, 0) is 4.74 Å². The molecule has 152 valence electrons.